The Kier molecular flexibility index (Phi) is 3.62. The molecule has 1 aliphatic heterocycles. The summed E-state index contributed by atoms with van der Waals surface area (Å²) in [7, 11) is 0. The van der Waals surface area contributed by atoms with Crippen molar-refractivity contribution in [2.45, 2.75) is 32.4 Å². The van der Waals surface area contributed by atoms with Crippen molar-refractivity contribution in [1.29, 1.82) is 0 Å². The third-order valence-electron chi connectivity index (χ3n) is 4.57. The summed E-state index contributed by atoms with van der Waals surface area (Å²) in [5, 5.41) is 7.25. The predicted molar refractivity (Wildman–Crippen MR) is 98.4 cm³/mol. The Bertz CT molecular complexity index is 835. The summed E-state index contributed by atoms with van der Waals surface area (Å²) in [6.45, 7) is 5.35. The van der Waals surface area contributed by atoms with E-state index < -0.39 is 0 Å². The molecule has 3 heterocycles. The van der Waals surface area contributed by atoms with Gasteiger partial charge in [0.05, 0.1) is 11.4 Å². The molecule has 1 aliphatic rings. The highest BCUT2D eigenvalue weighted by Crippen LogP contribution is 2.38. The van der Waals surface area contributed by atoms with Gasteiger partial charge in [0.15, 0.2) is 0 Å². The Balaban J connectivity index is 1.82. The van der Waals surface area contributed by atoms with Crippen LogP contribution in [0, 0.1) is 0 Å². The van der Waals surface area contributed by atoms with Crippen molar-refractivity contribution in [2.75, 3.05) is 5.32 Å². The van der Waals surface area contributed by atoms with Gasteiger partial charge in [-0.1, -0.05) is 18.2 Å². The van der Waals surface area contributed by atoms with Gasteiger partial charge < -0.3 is 15.6 Å². The number of aromatic amines is 1. The quantitative estimate of drug-likeness (QED) is 0.677. The Morgan fingerprint density at radius 2 is 1.79 bits per heavy atom. The molecule has 3 N–H and O–H groups in total. The lowest BCUT2D eigenvalue weighted by Crippen LogP contribution is -2.44. The number of hydrogen-bond donors (Lipinski definition) is 3. The van der Waals surface area contributed by atoms with Gasteiger partial charge in [0, 0.05) is 53.4 Å². The van der Waals surface area contributed by atoms with Crippen molar-refractivity contribution in [1.82, 2.24) is 15.3 Å². The molecule has 2 aromatic heterocycles. The lowest BCUT2D eigenvalue weighted by Gasteiger charge is -2.31. The second-order valence-electron chi connectivity index (χ2n) is 6.97. The number of aromatic nitrogens is 2. The molecule has 0 atom stereocenters. The molecule has 24 heavy (non-hydrogen) atoms. The van der Waals surface area contributed by atoms with E-state index >= 15 is 0 Å². The van der Waals surface area contributed by atoms with E-state index in [4.69, 9.17) is 0 Å². The van der Waals surface area contributed by atoms with Gasteiger partial charge in [0.25, 0.3) is 0 Å². The fourth-order valence-corrected chi connectivity index (χ4v) is 3.31. The van der Waals surface area contributed by atoms with Crippen LogP contribution in [0.1, 0.15) is 25.1 Å². The summed E-state index contributed by atoms with van der Waals surface area (Å²) in [6, 6.07) is 14.4. The summed E-state index contributed by atoms with van der Waals surface area (Å²) in [4.78, 5) is 7.81. The van der Waals surface area contributed by atoms with Crippen molar-refractivity contribution in [3.8, 4) is 11.3 Å². The smallest absolute Gasteiger partial charge is 0.0699 e. The second-order valence-corrected chi connectivity index (χ2v) is 6.97. The highest BCUT2D eigenvalue weighted by Gasteiger charge is 2.29. The van der Waals surface area contributed by atoms with Gasteiger partial charge in [-0.25, -0.2) is 0 Å². The van der Waals surface area contributed by atoms with Crippen LogP contribution in [0.2, 0.25) is 0 Å². The number of nitrogens with zero attached hydrogens (tertiary/aromatic N) is 1. The van der Waals surface area contributed by atoms with Crippen molar-refractivity contribution >= 4 is 11.4 Å². The standard InChI is InChI=1S/C20H22N4/c1-20(2)12-17-16(13-22-20)19(23-15-6-4-3-5-7-15)18(24-17)14-8-10-21-11-9-14/h3-11,22-24H,12-13H2,1-2H3. The number of benzene rings is 1. The van der Waals surface area contributed by atoms with Crippen LogP contribution < -0.4 is 10.6 Å². The van der Waals surface area contributed by atoms with E-state index in [1.54, 1.807) is 0 Å². The average Bonchev–Trinajstić information content (AvgIpc) is 2.93. The van der Waals surface area contributed by atoms with Gasteiger partial charge in [-0.15, -0.1) is 0 Å². The second kappa shape index (κ2) is 5.80. The van der Waals surface area contributed by atoms with Crippen molar-refractivity contribution < 1.29 is 0 Å². The summed E-state index contributed by atoms with van der Waals surface area (Å²) < 4.78 is 0. The van der Waals surface area contributed by atoms with E-state index in [1.165, 1.54) is 11.3 Å². The lowest BCUT2D eigenvalue weighted by atomic mass is 9.92. The van der Waals surface area contributed by atoms with Crippen LogP contribution in [0.4, 0.5) is 11.4 Å². The van der Waals surface area contributed by atoms with Crippen LogP contribution in [-0.4, -0.2) is 15.5 Å². The monoisotopic (exact) mass is 318 g/mol. The number of anilines is 2. The molecule has 0 radical (unpaired) electrons. The van der Waals surface area contributed by atoms with Crippen LogP contribution in [0.3, 0.4) is 0 Å². The van der Waals surface area contributed by atoms with E-state index in [-0.39, 0.29) is 5.54 Å². The predicted octanol–water partition coefficient (Wildman–Crippen LogP) is 4.24. The maximum atomic E-state index is 4.14. The Hall–Kier alpha value is -2.59. The van der Waals surface area contributed by atoms with Gasteiger partial charge in [-0.3, -0.25) is 4.98 Å². The van der Waals surface area contributed by atoms with Crippen LogP contribution in [0.15, 0.2) is 54.9 Å². The summed E-state index contributed by atoms with van der Waals surface area (Å²) >= 11 is 0. The molecule has 4 rings (SSSR count). The number of fused-ring (bicyclic) bond motifs is 1. The van der Waals surface area contributed by atoms with Crippen LogP contribution in [0.5, 0.6) is 0 Å². The average molecular weight is 318 g/mol. The first-order chi connectivity index (χ1) is 11.6. The molecular formula is C20H22N4. The minimum absolute atomic E-state index is 0.109. The molecule has 122 valence electrons. The first-order valence-corrected chi connectivity index (χ1v) is 8.34. The van der Waals surface area contributed by atoms with Gasteiger partial charge in [-0.2, -0.15) is 0 Å². The number of pyridine rings is 1. The number of H-pyrrole nitrogens is 1. The zero-order chi connectivity index (χ0) is 16.6. The minimum Gasteiger partial charge on any atom is -0.356 e. The molecule has 0 bridgehead atoms. The van der Waals surface area contributed by atoms with E-state index in [0.29, 0.717) is 0 Å². The number of rotatable bonds is 3. The Labute approximate surface area is 142 Å². The van der Waals surface area contributed by atoms with Crippen molar-refractivity contribution in [2.24, 2.45) is 0 Å². The van der Waals surface area contributed by atoms with Crippen LogP contribution in [0.25, 0.3) is 11.3 Å². The van der Waals surface area contributed by atoms with E-state index in [9.17, 15) is 0 Å². The van der Waals surface area contributed by atoms with Gasteiger partial charge >= 0.3 is 0 Å². The normalized spacial score (nSPS) is 15.8. The van der Waals surface area contributed by atoms with Gasteiger partial charge in [0.2, 0.25) is 0 Å². The van der Waals surface area contributed by atoms with Gasteiger partial charge in [-0.05, 0) is 38.1 Å². The topological polar surface area (TPSA) is 52.7 Å². The van der Waals surface area contributed by atoms with E-state index in [2.05, 4.69) is 58.7 Å². The molecule has 0 saturated heterocycles. The summed E-state index contributed by atoms with van der Waals surface area (Å²) in [5.74, 6) is 0. The minimum atomic E-state index is 0.109. The largest absolute Gasteiger partial charge is 0.356 e. The first-order valence-electron chi connectivity index (χ1n) is 8.34. The molecule has 1 aromatic carbocycles. The molecule has 0 aliphatic carbocycles. The van der Waals surface area contributed by atoms with Crippen LogP contribution in [-0.2, 0) is 13.0 Å². The molecule has 0 amide bonds. The van der Waals surface area contributed by atoms with Crippen molar-refractivity contribution in [3.63, 3.8) is 0 Å². The summed E-state index contributed by atoms with van der Waals surface area (Å²) in [6.07, 6.45) is 4.66. The SMILES string of the molecule is CC1(C)Cc2[nH]c(-c3ccncc3)c(Nc3ccccc3)c2CN1. The molecular weight excluding hydrogens is 296 g/mol. The third-order valence-corrected chi connectivity index (χ3v) is 4.57. The maximum absolute atomic E-state index is 4.14. The molecule has 0 spiro atoms. The van der Waals surface area contributed by atoms with Crippen LogP contribution >= 0.6 is 0 Å². The molecule has 3 aromatic rings. The fraction of sp³-hybridized carbons (Fsp3) is 0.250. The number of hydrogen-bond acceptors (Lipinski definition) is 3. The molecule has 0 saturated carbocycles. The lowest BCUT2D eigenvalue weighted by molar-refractivity contribution is 0.360. The van der Waals surface area contributed by atoms with Gasteiger partial charge in [0.1, 0.15) is 0 Å². The highest BCUT2D eigenvalue weighted by molar-refractivity contribution is 5.82. The zero-order valence-corrected chi connectivity index (χ0v) is 14.1. The fourth-order valence-electron chi connectivity index (χ4n) is 3.31. The molecule has 4 nitrogen and oxygen atoms in total. The highest BCUT2D eigenvalue weighted by atomic mass is 15.0. The molecule has 0 fully saturated rings. The number of para-hydroxylation sites is 1. The third kappa shape index (κ3) is 2.81. The summed E-state index contributed by atoms with van der Waals surface area (Å²) in [5.41, 5.74) is 7.28. The molecule has 0 unspecified atom stereocenters. The van der Waals surface area contributed by atoms with E-state index in [0.717, 1.165) is 35.6 Å². The first kappa shape index (κ1) is 15.0. The van der Waals surface area contributed by atoms with Crippen molar-refractivity contribution in [3.05, 3.63) is 66.1 Å². The Morgan fingerprint density at radius 3 is 2.54 bits per heavy atom. The zero-order valence-electron chi connectivity index (χ0n) is 14.1. The maximum Gasteiger partial charge on any atom is 0.0699 e. The molecule has 4 heteroatoms. The number of nitrogens with one attached hydrogen (secondary N) is 3. The Morgan fingerprint density at radius 1 is 1.04 bits per heavy atom. The van der Waals surface area contributed by atoms with E-state index in [1.807, 2.05) is 30.6 Å².